The number of rotatable bonds is 0. The third kappa shape index (κ3) is 3.09. The second kappa shape index (κ2) is 3.87. The zero-order valence-corrected chi connectivity index (χ0v) is 6.07. The molecule has 6 nitrogen and oxygen atoms in total. The van der Waals surface area contributed by atoms with E-state index in [2.05, 4.69) is 18.9 Å². The van der Waals surface area contributed by atoms with Gasteiger partial charge < -0.3 is 18.9 Å². The van der Waals surface area contributed by atoms with Gasteiger partial charge in [-0.25, -0.2) is 9.59 Å². The predicted octanol–water partition coefficient (Wildman–Crippen LogP) is 0.855. The highest BCUT2D eigenvalue weighted by Crippen LogP contribution is 2.09. The van der Waals surface area contributed by atoms with Gasteiger partial charge in [0.15, 0.2) is 6.61 Å². The maximum Gasteiger partial charge on any atom is 0.518 e. The Balaban J connectivity index is 0.000000132. The minimum Gasteiger partial charge on any atom is -0.427 e. The summed E-state index contributed by atoms with van der Waals surface area (Å²) in [6, 6.07) is 0. The average molecular weight is 198 g/mol. The van der Waals surface area contributed by atoms with Crippen LogP contribution in [-0.4, -0.2) is 31.8 Å². The van der Waals surface area contributed by atoms with Crippen molar-refractivity contribution < 1.29 is 37.3 Å². The Labute approximate surface area is 70.3 Å². The number of hydrogen-bond donors (Lipinski definition) is 0. The zero-order chi connectivity index (χ0) is 9.84. The highest BCUT2D eigenvalue weighted by atomic mass is 19.2. The molecule has 0 aliphatic carbocycles. The summed E-state index contributed by atoms with van der Waals surface area (Å²) in [5, 5.41) is 0. The molecule has 0 saturated carbocycles. The van der Waals surface area contributed by atoms with Gasteiger partial charge in [0.2, 0.25) is 0 Å². The second-order valence-corrected chi connectivity index (χ2v) is 1.85. The van der Waals surface area contributed by atoms with Crippen molar-refractivity contribution in [3.63, 3.8) is 0 Å². The van der Waals surface area contributed by atoms with Crippen molar-refractivity contribution in [2.45, 2.75) is 12.9 Å². The maximum absolute atomic E-state index is 11.6. The van der Waals surface area contributed by atoms with Gasteiger partial charge in [-0.1, -0.05) is 0 Å². The quantitative estimate of drug-likeness (QED) is 0.537. The number of carbonyl (C=O) groups is 2. The third-order valence-electron chi connectivity index (χ3n) is 0.934. The highest BCUT2D eigenvalue weighted by molar-refractivity contribution is 5.63. The van der Waals surface area contributed by atoms with Crippen LogP contribution in [0.15, 0.2) is 0 Å². The molecule has 0 N–H and O–H groups in total. The summed E-state index contributed by atoms with van der Waals surface area (Å²) in [7, 11) is 0. The standard InChI is InChI=1S/C3H3FO3.C2HFO3/c4-2-1-6-3(5)7-2;3-1-5-2(4)6-1/h2H,1H2;1H. The molecule has 8 heteroatoms. The minimum absolute atomic E-state index is 0.265. The fraction of sp³-hybridized carbons (Fsp3) is 0.600. The summed E-state index contributed by atoms with van der Waals surface area (Å²) in [6.07, 6.45) is -3.41. The first-order chi connectivity index (χ1) is 6.08. The predicted molar refractivity (Wildman–Crippen MR) is 29.8 cm³/mol. The molecule has 1 unspecified atom stereocenters. The van der Waals surface area contributed by atoms with E-state index >= 15 is 0 Å². The van der Waals surface area contributed by atoms with Crippen LogP contribution >= 0.6 is 0 Å². The maximum atomic E-state index is 11.6. The third-order valence-corrected chi connectivity index (χ3v) is 0.934. The van der Waals surface area contributed by atoms with Crippen molar-refractivity contribution in [3.8, 4) is 0 Å². The summed E-state index contributed by atoms with van der Waals surface area (Å²) in [5.74, 6) is 0. The fourth-order valence-electron chi connectivity index (χ4n) is 0.466. The van der Waals surface area contributed by atoms with Crippen molar-refractivity contribution in [2.24, 2.45) is 0 Å². The van der Waals surface area contributed by atoms with Crippen LogP contribution in [0.3, 0.4) is 0 Å². The highest BCUT2D eigenvalue weighted by Gasteiger charge is 2.28. The Hall–Kier alpha value is -1.60. The van der Waals surface area contributed by atoms with Gasteiger partial charge in [-0.15, -0.1) is 0 Å². The molecular formula is C5H4F2O6. The van der Waals surface area contributed by atoms with Crippen LogP contribution in [0, 0.1) is 0 Å². The number of carbonyl (C=O) groups excluding carboxylic acids is 2. The normalized spacial score (nSPS) is 25.5. The molecule has 2 heterocycles. The molecule has 0 bridgehead atoms. The van der Waals surface area contributed by atoms with E-state index in [1.54, 1.807) is 0 Å². The molecule has 0 amide bonds. The van der Waals surface area contributed by atoms with Gasteiger partial charge in [0.05, 0.1) is 0 Å². The number of cyclic esters (lactones) is 4. The first kappa shape index (κ1) is 9.49. The smallest absolute Gasteiger partial charge is 0.427 e. The SMILES string of the molecule is O=C1OC(F)O1.O=C1OCC(F)O1. The first-order valence-corrected chi connectivity index (χ1v) is 3.07. The van der Waals surface area contributed by atoms with E-state index in [0.717, 1.165) is 0 Å². The Bertz CT molecular complexity index is 211. The molecule has 0 aromatic carbocycles. The lowest BCUT2D eigenvalue weighted by atomic mass is 10.8. The van der Waals surface area contributed by atoms with E-state index in [1.807, 2.05) is 0 Å². The van der Waals surface area contributed by atoms with Gasteiger partial charge in [-0.05, 0) is 0 Å². The molecular weight excluding hydrogens is 194 g/mol. The number of alkyl halides is 2. The first-order valence-electron chi connectivity index (χ1n) is 3.07. The Morgan fingerprint density at radius 3 is 1.77 bits per heavy atom. The van der Waals surface area contributed by atoms with E-state index in [1.165, 1.54) is 0 Å². The average Bonchev–Trinajstić information content (AvgIpc) is 2.33. The van der Waals surface area contributed by atoms with Crippen LogP contribution in [0.5, 0.6) is 0 Å². The lowest BCUT2D eigenvalue weighted by molar-refractivity contribution is -0.250. The molecule has 2 fully saturated rings. The van der Waals surface area contributed by atoms with Crippen molar-refractivity contribution in [3.05, 3.63) is 0 Å². The summed E-state index contributed by atoms with van der Waals surface area (Å²) < 4.78 is 37.8. The van der Waals surface area contributed by atoms with Crippen LogP contribution < -0.4 is 0 Å². The van der Waals surface area contributed by atoms with E-state index in [0.29, 0.717) is 0 Å². The Kier molecular flexibility index (Phi) is 2.83. The van der Waals surface area contributed by atoms with Crippen molar-refractivity contribution in [1.82, 2.24) is 0 Å². The summed E-state index contributed by atoms with van der Waals surface area (Å²) in [4.78, 5) is 19.2. The molecule has 74 valence electrons. The van der Waals surface area contributed by atoms with Crippen LogP contribution in [0.4, 0.5) is 18.4 Å². The van der Waals surface area contributed by atoms with E-state index in [4.69, 9.17) is 0 Å². The number of halogens is 2. The van der Waals surface area contributed by atoms with Crippen molar-refractivity contribution in [1.29, 1.82) is 0 Å². The van der Waals surface area contributed by atoms with Crippen molar-refractivity contribution >= 4 is 12.3 Å². The molecule has 13 heavy (non-hydrogen) atoms. The van der Waals surface area contributed by atoms with Gasteiger partial charge in [-0.2, -0.15) is 8.78 Å². The van der Waals surface area contributed by atoms with Gasteiger partial charge in [0.25, 0.3) is 6.36 Å². The lowest BCUT2D eigenvalue weighted by Gasteiger charge is -2.16. The topological polar surface area (TPSA) is 71.1 Å². The summed E-state index contributed by atoms with van der Waals surface area (Å²) in [6.45, 7) is -2.07. The van der Waals surface area contributed by atoms with Gasteiger partial charge in [0.1, 0.15) is 0 Å². The van der Waals surface area contributed by atoms with E-state index in [-0.39, 0.29) is 6.61 Å². The zero-order valence-electron chi connectivity index (χ0n) is 6.07. The second-order valence-electron chi connectivity index (χ2n) is 1.85. The fourth-order valence-corrected chi connectivity index (χ4v) is 0.466. The van der Waals surface area contributed by atoms with Crippen LogP contribution in [-0.2, 0) is 18.9 Å². The van der Waals surface area contributed by atoms with Crippen LogP contribution in [0.1, 0.15) is 0 Å². The molecule has 2 rings (SSSR count). The van der Waals surface area contributed by atoms with Gasteiger partial charge in [0, 0.05) is 0 Å². The molecule has 1 atom stereocenters. The lowest BCUT2D eigenvalue weighted by Crippen LogP contribution is -2.30. The molecule has 2 aliphatic heterocycles. The Morgan fingerprint density at radius 1 is 1.08 bits per heavy atom. The molecule has 0 radical (unpaired) electrons. The molecule has 2 saturated heterocycles. The number of ether oxygens (including phenoxy) is 4. The minimum atomic E-state index is -1.81. The monoisotopic (exact) mass is 198 g/mol. The summed E-state index contributed by atoms with van der Waals surface area (Å²) >= 11 is 0. The van der Waals surface area contributed by atoms with Gasteiger partial charge >= 0.3 is 18.9 Å². The van der Waals surface area contributed by atoms with Gasteiger partial charge in [-0.3, -0.25) is 0 Å². The molecule has 2 aliphatic rings. The van der Waals surface area contributed by atoms with Crippen LogP contribution in [0.25, 0.3) is 0 Å². The van der Waals surface area contributed by atoms with E-state index < -0.39 is 25.2 Å². The molecule has 0 spiro atoms. The van der Waals surface area contributed by atoms with E-state index in [9.17, 15) is 18.4 Å². The molecule has 0 aromatic heterocycles. The van der Waals surface area contributed by atoms with Crippen molar-refractivity contribution in [2.75, 3.05) is 6.61 Å². The van der Waals surface area contributed by atoms with Crippen LogP contribution in [0.2, 0.25) is 0 Å². The summed E-state index contributed by atoms with van der Waals surface area (Å²) in [5.41, 5.74) is 0. The Morgan fingerprint density at radius 2 is 1.69 bits per heavy atom. The largest absolute Gasteiger partial charge is 0.518 e. The molecule has 0 aromatic rings. The number of hydrogen-bond acceptors (Lipinski definition) is 6.